The van der Waals surface area contributed by atoms with Crippen molar-refractivity contribution in [1.82, 2.24) is 0 Å². The van der Waals surface area contributed by atoms with Crippen LogP contribution in [0.4, 0.5) is 0 Å². The summed E-state index contributed by atoms with van der Waals surface area (Å²) >= 11 is 0. The van der Waals surface area contributed by atoms with Gasteiger partial charge in [-0.3, -0.25) is 32.5 Å². The van der Waals surface area contributed by atoms with E-state index in [1.165, 1.54) is 38.5 Å². The minimum absolute atomic E-state index is 0.0848. The smallest absolute Gasteiger partial charge is 0.463 e. The molecule has 0 aliphatic rings. The van der Waals surface area contributed by atoms with Gasteiger partial charge in [0.2, 0.25) is 0 Å². The first kappa shape index (κ1) is 77.7. The summed E-state index contributed by atoms with van der Waals surface area (Å²) in [7, 11) is -9.77. The van der Waals surface area contributed by atoms with Gasteiger partial charge in [-0.15, -0.1) is 0 Å². The standard InChI is InChI=1S/C63H110O16P2/c1-4-7-10-13-16-19-22-25-28-31-34-37-40-43-46-49-61(66)73-52-58(64)53-75-80(69,70)76-54-59(65)55-77-81(71,72)78-57-60(79-63(68)51-48-45-42-39-36-33-30-27-24-21-18-15-12-9-6-3)56-74-62(67)50-47-44-41-38-35-32-29-26-23-20-17-14-11-8-5-2/h7,10,16-21,25-30,58-60,64-65H,4-6,8-9,11-15,22-24,31-57H2,1-3H3,(H,69,70)(H,71,72)/b10-7-,19-16-,20-17-,21-18-,28-25-,29-26-,30-27-. The zero-order valence-electron chi connectivity index (χ0n) is 50.2. The Morgan fingerprint density at radius 1 is 0.358 bits per heavy atom. The van der Waals surface area contributed by atoms with Crippen molar-refractivity contribution in [3.63, 3.8) is 0 Å². The van der Waals surface area contributed by atoms with Gasteiger partial charge < -0.3 is 34.2 Å². The summed E-state index contributed by atoms with van der Waals surface area (Å²) in [5.74, 6) is -1.62. The second-order valence-electron chi connectivity index (χ2n) is 20.5. The van der Waals surface area contributed by atoms with Crippen molar-refractivity contribution >= 4 is 33.6 Å². The molecule has 0 aromatic carbocycles. The summed E-state index contributed by atoms with van der Waals surface area (Å²) in [6.45, 7) is 2.43. The second-order valence-corrected chi connectivity index (χ2v) is 23.4. The van der Waals surface area contributed by atoms with Crippen molar-refractivity contribution in [2.45, 2.75) is 257 Å². The molecule has 0 bridgehead atoms. The predicted molar refractivity (Wildman–Crippen MR) is 325 cm³/mol. The lowest BCUT2D eigenvalue weighted by Gasteiger charge is -2.21. The van der Waals surface area contributed by atoms with E-state index in [9.17, 15) is 43.5 Å². The molecule has 16 nitrogen and oxygen atoms in total. The lowest BCUT2D eigenvalue weighted by Crippen LogP contribution is -2.30. The second kappa shape index (κ2) is 57.2. The molecule has 0 fully saturated rings. The van der Waals surface area contributed by atoms with Gasteiger partial charge in [0.15, 0.2) is 6.10 Å². The highest BCUT2D eigenvalue weighted by Gasteiger charge is 2.29. The third-order valence-electron chi connectivity index (χ3n) is 12.6. The molecule has 0 amide bonds. The van der Waals surface area contributed by atoms with E-state index >= 15 is 0 Å². The van der Waals surface area contributed by atoms with Gasteiger partial charge in [-0.2, -0.15) is 0 Å². The Labute approximate surface area is 489 Å². The molecular weight excluding hydrogens is 1070 g/mol. The van der Waals surface area contributed by atoms with E-state index in [0.717, 1.165) is 141 Å². The summed E-state index contributed by atoms with van der Waals surface area (Å²) in [6, 6.07) is 0. The molecule has 0 saturated heterocycles. The number of unbranched alkanes of at least 4 members (excludes halogenated alkanes) is 21. The monoisotopic (exact) mass is 1180 g/mol. The summed E-state index contributed by atoms with van der Waals surface area (Å²) < 4.78 is 60.6. The zero-order valence-corrected chi connectivity index (χ0v) is 52.0. The SMILES string of the molecule is CC/C=C\C/C=C\C/C=C\CCCCCCCC(=O)OCC(O)COP(=O)(O)OCC(O)COP(=O)(O)OCC(COC(=O)CCCCCCC/C=C\C/C=C\CCCCC)OC(=O)CCCCCCC/C=C\C/C=C\CCCCC. The van der Waals surface area contributed by atoms with E-state index in [1.54, 1.807) is 0 Å². The van der Waals surface area contributed by atoms with E-state index in [1.807, 2.05) is 0 Å². The number of hydrogen-bond acceptors (Lipinski definition) is 14. The van der Waals surface area contributed by atoms with Gasteiger partial charge >= 0.3 is 33.6 Å². The van der Waals surface area contributed by atoms with Crippen molar-refractivity contribution in [2.24, 2.45) is 0 Å². The summed E-state index contributed by atoms with van der Waals surface area (Å²) in [6.07, 6.45) is 57.9. The highest BCUT2D eigenvalue weighted by molar-refractivity contribution is 7.47. The van der Waals surface area contributed by atoms with Gasteiger partial charge in [-0.05, 0) is 116 Å². The number of phosphoric ester groups is 2. The summed E-state index contributed by atoms with van der Waals surface area (Å²) in [5, 5.41) is 20.5. The first-order chi connectivity index (χ1) is 39.2. The maximum Gasteiger partial charge on any atom is 0.472 e. The van der Waals surface area contributed by atoms with Crippen LogP contribution in [0.5, 0.6) is 0 Å². The summed E-state index contributed by atoms with van der Waals surface area (Å²) in [4.78, 5) is 58.1. The molecular formula is C63H110O16P2. The van der Waals surface area contributed by atoms with Crippen molar-refractivity contribution in [2.75, 3.05) is 39.6 Å². The number of rotatable bonds is 58. The number of aliphatic hydroxyl groups is 2. The number of phosphoric acid groups is 2. The van der Waals surface area contributed by atoms with Gasteiger partial charge in [-0.1, -0.05) is 189 Å². The third kappa shape index (κ3) is 58.3. The van der Waals surface area contributed by atoms with Crippen molar-refractivity contribution in [3.8, 4) is 0 Å². The average molecular weight is 1190 g/mol. The van der Waals surface area contributed by atoms with Crippen LogP contribution < -0.4 is 0 Å². The number of hydrogen-bond donors (Lipinski definition) is 4. The van der Waals surface area contributed by atoms with Crippen molar-refractivity contribution in [1.29, 1.82) is 0 Å². The van der Waals surface area contributed by atoms with E-state index in [-0.39, 0.29) is 19.3 Å². The molecule has 0 aromatic rings. The van der Waals surface area contributed by atoms with Crippen LogP contribution in [0, 0.1) is 0 Å². The number of allylic oxidation sites excluding steroid dienone is 14. The fourth-order valence-corrected chi connectivity index (χ4v) is 9.40. The van der Waals surface area contributed by atoms with Gasteiger partial charge in [0.05, 0.1) is 26.4 Å². The fourth-order valence-electron chi connectivity index (χ4n) is 7.82. The number of aliphatic hydroxyl groups excluding tert-OH is 2. The molecule has 468 valence electrons. The first-order valence-electron chi connectivity index (χ1n) is 30.9. The first-order valence-corrected chi connectivity index (χ1v) is 33.9. The lowest BCUT2D eigenvalue weighted by molar-refractivity contribution is -0.161. The quantitative estimate of drug-likeness (QED) is 0.0146. The van der Waals surface area contributed by atoms with Gasteiger partial charge in [0.1, 0.15) is 25.4 Å². The molecule has 81 heavy (non-hydrogen) atoms. The number of carbonyl (C=O) groups excluding carboxylic acids is 3. The molecule has 0 spiro atoms. The van der Waals surface area contributed by atoms with E-state index in [2.05, 4.69) is 106 Å². The number of esters is 3. The maximum absolute atomic E-state index is 12.9. The predicted octanol–water partition coefficient (Wildman–Crippen LogP) is 16.2. The minimum Gasteiger partial charge on any atom is -0.463 e. The van der Waals surface area contributed by atoms with Crippen LogP contribution >= 0.6 is 15.6 Å². The molecule has 5 atom stereocenters. The molecule has 18 heteroatoms. The van der Waals surface area contributed by atoms with Crippen molar-refractivity contribution < 1.29 is 75.8 Å². The maximum atomic E-state index is 12.9. The Hall–Kier alpha value is -3.27. The van der Waals surface area contributed by atoms with E-state index in [0.29, 0.717) is 19.3 Å². The summed E-state index contributed by atoms with van der Waals surface area (Å²) in [5.41, 5.74) is 0. The third-order valence-corrected chi connectivity index (χ3v) is 14.5. The van der Waals surface area contributed by atoms with Crippen LogP contribution in [0.3, 0.4) is 0 Å². The molecule has 0 heterocycles. The van der Waals surface area contributed by atoms with Crippen molar-refractivity contribution in [3.05, 3.63) is 85.1 Å². The molecule has 0 radical (unpaired) electrons. The largest absolute Gasteiger partial charge is 0.472 e. The van der Waals surface area contributed by atoms with Crippen LogP contribution in [0.25, 0.3) is 0 Å². The van der Waals surface area contributed by atoms with Crippen LogP contribution in [0.2, 0.25) is 0 Å². The van der Waals surface area contributed by atoms with Crippen LogP contribution in [-0.4, -0.2) is 95.9 Å². The molecule has 4 N–H and O–H groups in total. The van der Waals surface area contributed by atoms with Gasteiger partial charge in [-0.25, -0.2) is 9.13 Å². The normalized spacial score (nSPS) is 15.0. The van der Waals surface area contributed by atoms with E-state index < -0.39 is 91.5 Å². The zero-order chi connectivity index (χ0) is 59.6. The Morgan fingerprint density at radius 2 is 0.654 bits per heavy atom. The fraction of sp³-hybridized carbons (Fsp3) is 0.730. The molecule has 0 aliphatic carbocycles. The minimum atomic E-state index is -4.93. The number of carbonyl (C=O) groups is 3. The van der Waals surface area contributed by atoms with Crippen LogP contribution in [0.1, 0.15) is 239 Å². The molecule has 0 rings (SSSR count). The number of ether oxygens (including phenoxy) is 3. The van der Waals surface area contributed by atoms with Gasteiger partial charge in [0, 0.05) is 19.3 Å². The van der Waals surface area contributed by atoms with Crippen LogP contribution in [-0.2, 0) is 55.8 Å². The van der Waals surface area contributed by atoms with Crippen LogP contribution in [0.15, 0.2) is 85.1 Å². The van der Waals surface area contributed by atoms with E-state index in [4.69, 9.17) is 32.3 Å². The Morgan fingerprint density at radius 3 is 1.04 bits per heavy atom. The molecule has 0 aromatic heterocycles. The lowest BCUT2D eigenvalue weighted by atomic mass is 10.1. The average Bonchev–Trinajstić information content (AvgIpc) is 3.45. The topological polar surface area (TPSA) is 231 Å². The van der Waals surface area contributed by atoms with Gasteiger partial charge in [0.25, 0.3) is 0 Å². The Kier molecular flexibility index (Phi) is 54.9. The Bertz CT molecular complexity index is 1830. The highest BCUT2D eigenvalue weighted by atomic mass is 31.2. The molecule has 5 unspecified atom stereocenters. The molecule has 0 aliphatic heterocycles. The Balaban J connectivity index is 4.76. The molecule has 0 saturated carbocycles. The highest BCUT2D eigenvalue weighted by Crippen LogP contribution is 2.45.